The first-order valence-electron chi connectivity index (χ1n) is 13.1. The number of nitriles is 1. The third-order valence-corrected chi connectivity index (χ3v) is 6.16. The Morgan fingerprint density at radius 1 is 0.897 bits per heavy atom. The molecule has 1 atom stereocenters. The zero-order valence-electron chi connectivity index (χ0n) is 22.2. The van der Waals surface area contributed by atoms with Crippen molar-refractivity contribution in [3.05, 3.63) is 107 Å². The second-order valence-electron chi connectivity index (χ2n) is 9.23. The fourth-order valence-corrected chi connectivity index (χ4v) is 3.87. The number of nitrogens with zero attached hydrogens (tertiary/aromatic N) is 1. The number of esters is 1. The van der Waals surface area contributed by atoms with Crippen LogP contribution in [0.15, 0.2) is 85.1 Å². The van der Waals surface area contributed by atoms with Crippen molar-refractivity contribution in [3.63, 3.8) is 0 Å². The van der Waals surface area contributed by atoms with E-state index in [1.54, 1.807) is 72.8 Å². The molecule has 0 fully saturated rings. The van der Waals surface area contributed by atoms with Gasteiger partial charge in [0, 0.05) is 5.56 Å². The topological polar surface area (TPSA) is 109 Å². The van der Waals surface area contributed by atoms with Crippen LogP contribution in [-0.2, 0) is 6.42 Å². The van der Waals surface area contributed by atoms with Gasteiger partial charge in [0.2, 0.25) is 0 Å². The maximum Gasteiger partial charge on any atom is 0.343 e. The number of hydrogen-bond acceptors (Lipinski definition) is 6. The number of carbonyl (C=O) groups is 2. The molecule has 0 heterocycles. The minimum absolute atomic E-state index is 0.184. The third kappa shape index (κ3) is 9.35. The van der Waals surface area contributed by atoms with Gasteiger partial charge in [0.1, 0.15) is 17.3 Å². The zero-order valence-corrected chi connectivity index (χ0v) is 22.2. The van der Waals surface area contributed by atoms with Crippen molar-refractivity contribution in [1.82, 2.24) is 5.32 Å². The standard InChI is InChI=1S/C32H34N2O5/c1-3-4-5-6-7-20-38-28-18-14-27(15-19-28)32(37)39-29-16-10-24(11-17-29)21-30(23(2)35)34-31(36)26-12-8-25(22-33)9-13-26/h8-19,30,35H,2-7,20-21H2,1H3,(H,34,36)/t30-/m0/s1. The molecule has 3 rings (SSSR count). The van der Waals surface area contributed by atoms with E-state index in [0.29, 0.717) is 29.0 Å². The van der Waals surface area contributed by atoms with Gasteiger partial charge in [0.15, 0.2) is 0 Å². The number of unbranched alkanes of at least 4 members (excludes halogenated alkanes) is 4. The minimum atomic E-state index is -0.724. The van der Waals surface area contributed by atoms with E-state index in [-0.39, 0.29) is 12.2 Å². The minimum Gasteiger partial charge on any atom is -0.511 e. The summed E-state index contributed by atoms with van der Waals surface area (Å²) in [6.45, 7) is 6.42. The highest BCUT2D eigenvalue weighted by Crippen LogP contribution is 2.19. The Hall–Kier alpha value is -4.57. The Balaban J connectivity index is 1.50. The number of rotatable bonds is 14. The van der Waals surface area contributed by atoms with E-state index in [4.69, 9.17) is 14.7 Å². The molecule has 1 amide bonds. The monoisotopic (exact) mass is 526 g/mol. The summed E-state index contributed by atoms with van der Waals surface area (Å²) in [6, 6.07) is 21.2. The van der Waals surface area contributed by atoms with Crippen LogP contribution in [0.2, 0.25) is 0 Å². The van der Waals surface area contributed by atoms with Crippen molar-refractivity contribution in [2.24, 2.45) is 0 Å². The molecule has 0 unspecified atom stereocenters. The lowest BCUT2D eigenvalue weighted by Crippen LogP contribution is -2.37. The van der Waals surface area contributed by atoms with Crippen LogP contribution in [0, 0.1) is 11.3 Å². The van der Waals surface area contributed by atoms with Gasteiger partial charge in [-0.15, -0.1) is 0 Å². The highest BCUT2D eigenvalue weighted by molar-refractivity contribution is 5.94. The summed E-state index contributed by atoms with van der Waals surface area (Å²) in [5, 5.41) is 21.7. The van der Waals surface area contributed by atoms with Crippen LogP contribution >= 0.6 is 0 Å². The third-order valence-electron chi connectivity index (χ3n) is 6.16. The van der Waals surface area contributed by atoms with Crippen LogP contribution < -0.4 is 14.8 Å². The number of benzene rings is 3. The summed E-state index contributed by atoms with van der Waals surface area (Å²) in [7, 11) is 0. The maximum absolute atomic E-state index is 12.6. The van der Waals surface area contributed by atoms with E-state index in [0.717, 1.165) is 24.2 Å². The molecule has 0 aliphatic carbocycles. The molecule has 0 aliphatic heterocycles. The van der Waals surface area contributed by atoms with Gasteiger partial charge >= 0.3 is 5.97 Å². The van der Waals surface area contributed by atoms with Crippen molar-refractivity contribution in [1.29, 1.82) is 5.26 Å². The van der Waals surface area contributed by atoms with Crippen molar-refractivity contribution < 1.29 is 24.2 Å². The molecule has 0 aromatic heterocycles. The lowest BCUT2D eigenvalue weighted by atomic mass is 10.0. The van der Waals surface area contributed by atoms with Crippen LogP contribution in [0.4, 0.5) is 0 Å². The Kier molecular flexibility index (Phi) is 11.1. The van der Waals surface area contributed by atoms with Crippen LogP contribution in [0.25, 0.3) is 0 Å². The van der Waals surface area contributed by atoms with Gasteiger partial charge in [0.05, 0.1) is 29.8 Å². The average molecular weight is 527 g/mol. The molecular weight excluding hydrogens is 492 g/mol. The molecular formula is C32H34N2O5. The van der Waals surface area contributed by atoms with Crippen molar-refractivity contribution in [3.8, 4) is 17.6 Å². The first-order chi connectivity index (χ1) is 18.9. The maximum atomic E-state index is 12.6. The van der Waals surface area contributed by atoms with E-state index >= 15 is 0 Å². The number of aliphatic hydroxyl groups is 1. The number of amides is 1. The molecule has 0 radical (unpaired) electrons. The van der Waals surface area contributed by atoms with Gasteiger partial charge in [0.25, 0.3) is 5.91 Å². The average Bonchev–Trinajstić information content (AvgIpc) is 2.95. The lowest BCUT2D eigenvalue weighted by molar-refractivity contribution is 0.0734. The fraction of sp³-hybridized carbons (Fsp3) is 0.281. The van der Waals surface area contributed by atoms with E-state index in [2.05, 4.69) is 18.8 Å². The normalized spacial score (nSPS) is 11.2. The number of aliphatic hydroxyl groups excluding tert-OH is 1. The van der Waals surface area contributed by atoms with Gasteiger partial charge in [-0.2, -0.15) is 5.26 Å². The number of ether oxygens (including phenoxy) is 2. The van der Waals surface area contributed by atoms with Crippen molar-refractivity contribution >= 4 is 11.9 Å². The molecule has 0 bridgehead atoms. The number of carbonyl (C=O) groups excluding carboxylic acids is 2. The zero-order chi connectivity index (χ0) is 28.0. The first kappa shape index (κ1) is 29.0. The van der Waals surface area contributed by atoms with Gasteiger partial charge in [-0.05, 0) is 79.1 Å². The smallest absolute Gasteiger partial charge is 0.343 e. The van der Waals surface area contributed by atoms with Crippen molar-refractivity contribution in [2.45, 2.75) is 51.5 Å². The summed E-state index contributed by atoms with van der Waals surface area (Å²) in [5.74, 6) is 0.0325. The molecule has 0 aliphatic rings. The highest BCUT2D eigenvalue weighted by atomic mass is 16.5. The summed E-state index contributed by atoms with van der Waals surface area (Å²) in [5.41, 5.74) is 2.03. The second-order valence-corrected chi connectivity index (χ2v) is 9.23. The Labute approximate surface area is 229 Å². The quantitative estimate of drug-likeness (QED) is 0.107. The van der Waals surface area contributed by atoms with Gasteiger partial charge < -0.3 is 19.9 Å². The van der Waals surface area contributed by atoms with Gasteiger partial charge in [-0.3, -0.25) is 4.79 Å². The number of nitrogens with one attached hydrogen (secondary N) is 1. The molecule has 202 valence electrons. The molecule has 3 aromatic carbocycles. The molecule has 7 heteroatoms. The Morgan fingerprint density at radius 2 is 1.51 bits per heavy atom. The van der Waals surface area contributed by atoms with Gasteiger partial charge in [-0.25, -0.2) is 4.79 Å². The predicted molar refractivity (Wildman–Crippen MR) is 150 cm³/mol. The van der Waals surface area contributed by atoms with Crippen LogP contribution in [0.3, 0.4) is 0 Å². The second kappa shape index (κ2) is 15.0. The van der Waals surface area contributed by atoms with Gasteiger partial charge in [-0.1, -0.05) is 51.3 Å². The molecule has 0 spiro atoms. The summed E-state index contributed by atoms with van der Waals surface area (Å²) in [4.78, 5) is 25.1. The molecule has 0 saturated heterocycles. The first-order valence-corrected chi connectivity index (χ1v) is 13.1. The van der Waals surface area contributed by atoms with E-state index in [1.165, 1.54) is 19.3 Å². The fourth-order valence-electron chi connectivity index (χ4n) is 3.87. The summed E-state index contributed by atoms with van der Waals surface area (Å²) in [6.07, 6.45) is 6.13. The molecule has 2 N–H and O–H groups in total. The highest BCUT2D eigenvalue weighted by Gasteiger charge is 2.18. The number of hydrogen-bond donors (Lipinski definition) is 2. The van der Waals surface area contributed by atoms with Crippen molar-refractivity contribution in [2.75, 3.05) is 6.61 Å². The predicted octanol–water partition coefficient (Wildman–Crippen LogP) is 6.54. The summed E-state index contributed by atoms with van der Waals surface area (Å²) < 4.78 is 11.2. The molecule has 7 nitrogen and oxygen atoms in total. The van der Waals surface area contributed by atoms with E-state index in [9.17, 15) is 14.7 Å². The van der Waals surface area contributed by atoms with Crippen LogP contribution in [0.1, 0.15) is 70.9 Å². The molecule has 39 heavy (non-hydrogen) atoms. The Bertz CT molecular complexity index is 1280. The molecule has 0 saturated carbocycles. The van der Waals surface area contributed by atoms with E-state index in [1.807, 2.05) is 6.07 Å². The summed E-state index contributed by atoms with van der Waals surface area (Å²) >= 11 is 0. The Morgan fingerprint density at radius 3 is 2.13 bits per heavy atom. The van der Waals surface area contributed by atoms with Crippen LogP contribution in [-0.4, -0.2) is 29.6 Å². The van der Waals surface area contributed by atoms with Crippen LogP contribution in [0.5, 0.6) is 11.5 Å². The largest absolute Gasteiger partial charge is 0.511 e. The lowest BCUT2D eigenvalue weighted by Gasteiger charge is -2.18. The molecule has 3 aromatic rings. The van der Waals surface area contributed by atoms with E-state index < -0.39 is 17.9 Å². The SMILES string of the molecule is C=C(O)[C@H](Cc1ccc(OC(=O)c2ccc(OCCCCCCC)cc2)cc1)NC(=O)c1ccc(C#N)cc1.